The summed E-state index contributed by atoms with van der Waals surface area (Å²) in [5, 5.41) is 11.3. The van der Waals surface area contributed by atoms with E-state index >= 15 is 0 Å². The Morgan fingerprint density at radius 1 is 1.43 bits per heavy atom. The third-order valence-electron chi connectivity index (χ3n) is 3.63. The van der Waals surface area contributed by atoms with Gasteiger partial charge in [0, 0.05) is 18.7 Å². The van der Waals surface area contributed by atoms with E-state index in [0.717, 1.165) is 24.2 Å². The van der Waals surface area contributed by atoms with Crippen molar-refractivity contribution in [1.29, 1.82) is 0 Å². The Hall–Kier alpha value is -2.24. The lowest BCUT2D eigenvalue weighted by atomic mass is 10.0. The summed E-state index contributed by atoms with van der Waals surface area (Å²) in [6, 6.07) is 7.43. The zero-order valence-corrected chi connectivity index (χ0v) is 12.0. The van der Waals surface area contributed by atoms with Crippen LogP contribution >= 0.6 is 0 Å². The number of carboxylic acids is 1. The molecule has 1 atom stereocenters. The van der Waals surface area contributed by atoms with Crippen molar-refractivity contribution >= 4 is 12.0 Å². The fourth-order valence-corrected chi connectivity index (χ4v) is 2.65. The molecule has 0 bridgehead atoms. The number of hydrogen-bond donors (Lipinski definition) is 2. The summed E-state index contributed by atoms with van der Waals surface area (Å²) in [5.41, 5.74) is 0.992. The number of hydrogen-bond acceptors (Lipinski definition) is 3. The van der Waals surface area contributed by atoms with E-state index in [1.54, 1.807) is 12.0 Å². The number of likely N-dealkylation sites (tertiary alicyclic amines) is 1. The molecule has 6 nitrogen and oxygen atoms in total. The number of carbonyl (C=O) groups excluding carboxylic acids is 1. The normalized spacial score (nSPS) is 17.6. The monoisotopic (exact) mass is 292 g/mol. The van der Waals surface area contributed by atoms with Gasteiger partial charge in [-0.2, -0.15) is 0 Å². The van der Waals surface area contributed by atoms with Crippen LogP contribution in [0.4, 0.5) is 4.79 Å². The van der Waals surface area contributed by atoms with Gasteiger partial charge < -0.3 is 20.1 Å². The number of benzene rings is 1. The summed E-state index contributed by atoms with van der Waals surface area (Å²) in [6.45, 7) is 0.810. The minimum Gasteiger partial charge on any atom is -0.496 e. The maximum absolute atomic E-state index is 12.2. The third-order valence-corrected chi connectivity index (χ3v) is 3.63. The van der Waals surface area contributed by atoms with Crippen molar-refractivity contribution < 1.29 is 19.4 Å². The Bertz CT molecular complexity index is 518. The van der Waals surface area contributed by atoms with E-state index < -0.39 is 5.97 Å². The fourth-order valence-electron chi connectivity index (χ4n) is 2.65. The number of nitrogens with one attached hydrogen (secondary N) is 1. The molecule has 1 saturated heterocycles. The maximum atomic E-state index is 12.2. The van der Waals surface area contributed by atoms with Gasteiger partial charge in [0.25, 0.3) is 0 Å². The number of methoxy groups -OCH3 is 1. The van der Waals surface area contributed by atoms with Crippen molar-refractivity contribution in [2.24, 2.45) is 0 Å². The van der Waals surface area contributed by atoms with Crippen molar-refractivity contribution in [2.75, 3.05) is 20.2 Å². The summed E-state index contributed by atoms with van der Waals surface area (Å²) >= 11 is 0. The van der Waals surface area contributed by atoms with E-state index in [2.05, 4.69) is 5.32 Å². The van der Waals surface area contributed by atoms with Gasteiger partial charge in [-0.1, -0.05) is 18.2 Å². The Kier molecular flexibility index (Phi) is 5.03. The number of urea groups is 1. The van der Waals surface area contributed by atoms with Gasteiger partial charge in [0.1, 0.15) is 5.75 Å². The molecule has 2 N–H and O–H groups in total. The van der Waals surface area contributed by atoms with Gasteiger partial charge in [0.15, 0.2) is 0 Å². The summed E-state index contributed by atoms with van der Waals surface area (Å²) in [6.07, 6.45) is 1.74. The lowest BCUT2D eigenvalue weighted by Gasteiger charge is -2.26. The number of para-hydroxylation sites is 1. The molecular weight excluding hydrogens is 272 g/mol. The van der Waals surface area contributed by atoms with Crippen LogP contribution in [0.5, 0.6) is 5.75 Å². The van der Waals surface area contributed by atoms with Crippen LogP contribution in [0.2, 0.25) is 0 Å². The number of carboxylic acid groups (broad SMARTS) is 1. The van der Waals surface area contributed by atoms with Crippen LogP contribution in [-0.2, 0) is 4.79 Å². The highest BCUT2D eigenvalue weighted by atomic mass is 16.5. The second kappa shape index (κ2) is 6.97. The van der Waals surface area contributed by atoms with Crippen molar-refractivity contribution in [3.05, 3.63) is 29.8 Å². The Labute approximate surface area is 123 Å². The maximum Gasteiger partial charge on any atom is 0.317 e. The van der Waals surface area contributed by atoms with Crippen LogP contribution in [0.15, 0.2) is 24.3 Å². The first-order valence-electron chi connectivity index (χ1n) is 7.02. The van der Waals surface area contributed by atoms with E-state index in [4.69, 9.17) is 9.84 Å². The van der Waals surface area contributed by atoms with Gasteiger partial charge in [-0.05, 0) is 18.9 Å². The molecule has 0 saturated carbocycles. The van der Waals surface area contributed by atoms with E-state index in [9.17, 15) is 9.59 Å². The lowest BCUT2D eigenvalue weighted by Crippen LogP contribution is -2.40. The standard InChI is InChI=1S/C15H20N2O4/c1-21-13-7-3-2-5-11(13)12-6-4-10-17(12)15(20)16-9-8-14(18)19/h2-3,5,7,12H,4,6,8-10H2,1H3,(H,16,20)(H,18,19). The number of aliphatic carboxylic acids is 1. The van der Waals surface area contributed by atoms with Crippen LogP contribution in [-0.4, -0.2) is 42.2 Å². The Morgan fingerprint density at radius 2 is 2.19 bits per heavy atom. The summed E-state index contributed by atoms with van der Waals surface area (Å²) in [5.74, 6) is -0.147. The van der Waals surface area contributed by atoms with E-state index in [1.807, 2.05) is 24.3 Å². The van der Waals surface area contributed by atoms with E-state index in [-0.39, 0.29) is 25.0 Å². The Balaban J connectivity index is 2.06. The van der Waals surface area contributed by atoms with E-state index in [1.165, 1.54) is 0 Å². The first-order chi connectivity index (χ1) is 10.1. The molecule has 114 valence electrons. The molecule has 1 aromatic carbocycles. The second-order valence-corrected chi connectivity index (χ2v) is 4.97. The zero-order chi connectivity index (χ0) is 15.2. The minimum absolute atomic E-state index is 0.0222. The highest BCUT2D eigenvalue weighted by molar-refractivity contribution is 5.76. The lowest BCUT2D eigenvalue weighted by molar-refractivity contribution is -0.136. The molecule has 1 aliphatic heterocycles. The van der Waals surface area contributed by atoms with Crippen LogP contribution < -0.4 is 10.1 Å². The summed E-state index contributed by atoms with van der Waals surface area (Å²) < 4.78 is 5.36. The molecule has 2 rings (SSSR count). The van der Waals surface area contributed by atoms with Gasteiger partial charge in [-0.25, -0.2) is 4.79 Å². The predicted octanol–water partition coefficient (Wildman–Crippen LogP) is 2.02. The molecule has 0 radical (unpaired) electrons. The van der Waals surface area contributed by atoms with Crippen LogP contribution in [0.1, 0.15) is 30.9 Å². The van der Waals surface area contributed by atoms with Crippen molar-refractivity contribution in [3.8, 4) is 5.75 Å². The average molecular weight is 292 g/mol. The number of nitrogens with zero attached hydrogens (tertiary/aromatic N) is 1. The van der Waals surface area contributed by atoms with Crippen molar-refractivity contribution in [2.45, 2.75) is 25.3 Å². The first-order valence-corrected chi connectivity index (χ1v) is 7.02. The molecule has 0 spiro atoms. The molecule has 1 unspecified atom stereocenters. The predicted molar refractivity (Wildman–Crippen MR) is 77.3 cm³/mol. The van der Waals surface area contributed by atoms with Gasteiger partial charge in [-0.3, -0.25) is 4.79 Å². The molecule has 6 heteroatoms. The largest absolute Gasteiger partial charge is 0.496 e. The van der Waals surface area contributed by atoms with Gasteiger partial charge in [0.05, 0.1) is 19.6 Å². The Morgan fingerprint density at radius 3 is 2.90 bits per heavy atom. The first kappa shape index (κ1) is 15.2. The van der Waals surface area contributed by atoms with E-state index in [0.29, 0.717) is 6.54 Å². The molecule has 0 aliphatic carbocycles. The molecule has 2 amide bonds. The summed E-state index contributed by atoms with van der Waals surface area (Å²) in [4.78, 5) is 24.4. The van der Waals surface area contributed by atoms with Gasteiger partial charge >= 0.3 is 12.0 Å². The number of rotatable bonds is 5. The van der Waals surface area contributed by atoms with Crippen LogP contribution in [0.3, 0.4) is 0 Å². The highest BCUT2D eigenvalue weighted by Crippen LogP contribution is 2.36. The van der Waals surface area contributed by atoms with Crippen LogP contribution in [0, 0.1) is 0 Å². The quantitative estimate of drug-likeness (QED) is 0.870. The molecule has 1 aliphatic rings. The zero-order valence-electron chi connectivity index (χ0n) is 12.0. The van der Waals surface area contributed by atoms with Crippen LogP contribution in [0.25, 0.3) is 0 Å². The van der Waals surface area contributed by atoms with Crippen molar-refractivity contribution in [1.82, 2.24) is 10.2 Å². The average Bonchev–Trinajstić information content (AvgIpc) is 2.96. The molecule has 1 fully saturated rings. The fraction of sp³-hybridized carbons (Fsp3) is 0.467. The molecule has 1 aromatic rings. The molecule has 21 heavy (non-hydrogen) atoms. The minimum atomic E-state index is -0.919. The second-order valence-electron chi connectivity index (χ2n) is 4.97. The number of carbonyl (C=O) groups is 2. The van der Waals surface area contributed by atoms with Gasteiger partial charge in [0.2, 0.25) is 0 Å². The molecule has 1 heterocycles. The smallest absolute Gasteiger partial charge is 0.317 e. The highest BCUT2D eigenvalue weighted by Gasteiger charge is 2.31. The van der Waals surface area contributed by atoms with Gasteiger partial charge in [-0.15, -0.1) is 0 Å². The topological polar surface area (TPSA) is 78.9 Å². The third kappa shape index (κ3) is 3.65. The summed E-state index contributed by atoms with van der Waals surface area (Å²) in [7, 11) is 1.62. The number of amides is 2. The van der Waals surface area contributed by atoms with Crippen molar-refractivity contribution in [3.63, 3.8) is 0 Å². The molecular formula is C15H20N2O4. The molecule has 0 aromatic heterocycles. The number of ether oxygens (including phenoxy) is 1. The SMILES string of the molecule is COc1ccccc1C1CCCN1C(=O)NCCC(=O)O.